The minimum Gasteiger partial charge on any atom is -0.347 e. The van der Waals surface area contributed by atoms with Gasteiger partial charge in [0.2, 0.25) is 5.91 Å². The fourth-order valence-corrected chi connectivity index (χ4v) is 2.76. The second-order valence-corrected chi connectivity index (χ2v) is 6.40. The maximum Gasteiger partial charge on any atom is 0.243 e. The Morgan fingerprint density at radius 2 is 1.80 bits per heavy atom. The molecule has 0 bridgehead atoms. The number of rotatable bonds is 6. The van der Waals surface area contributed by atoms with Gasteiger partial charge in [-0.25, -0.2) is 0 Å². The van der Waals surface area contributed by atoms with Crippen molar-refractivity contribution in [2.45, 2.75) is 11.4 Å². The highest BCUT2D eigenvalue weighted by molar-refractivity contribution is 7.98. The molecule has 1 amide bonds. The van der Waals surface area contributed by atoms with Crippen LogP contribution in [0.2, 0.25) is 0 Å². The molecule has 0 spiro atoms. The monoisotopic (exact) mass is 356 g/mol. The fraction of sp³-hybridized carbons (Fsp3) is 0.263. The molecule has 0 radical (unpaired) electrons. The summed E-state index contributed by atoms with van der Waals surface area (Å²) in [4.78, 5) is 19.5. The molecule has 0 aromatic heterocycles. The van der Waals surface area contributed by atoms with Crippen LogP contribution in [0.15, 0.2) is 64.5 Å². The molecule has 0 unspecified atom stereocenters. The van der Waals surface area contributed by atoms with Crippen molar-refractivity contribution in [2.24, 2.45) is 4.99 Å². The lowest BCUT2D eigenvalue weighted by Crippen LogP contribution is -2.42. The molecular weight excluding hydrogens is 332 g/mol. The Balaban J connectivity index is 1.85. The lowest BCUT2D eigenvalue weighted by Gasteiger charge is -2.22. The maximum atomic E-state index is 12.0. The Labute approximate surface area is 153 Å². The van der Waals surface area contributed by atoms with E-state index in [9.17, 15) is 4.79 Å². The number of carbonyl (C=O) groups is 1. The summed E-state index contributed by atoms with van der Waals surface area (Å²) in [5, 5.41) is 5.94. The van der Waals surface area contributed by atoms with E-state index in [1.54, 1.807) is 18.8 Å². The van der Waals surface area contributed by atoms with Gasteiger partial charge in [-0.1, -0.05) is 30.3 Å². The summed E-state index contributed by atoms with van der Waals surface area (Å²) in [6, 6.07) is 17.8. The SMILES string of the molecule is CN=C(NCC(=O)Nc1ccccc1)N(C)Cc1ccc(SC)cc1. The Kier molecular flexibility index (Phi) is 7.35. The molecule has 5 nitrogen and oxygen atoms in total. The van der Waals surface area contributed by atoms with Crippen LogP contribution in [0.1, 0.15) is 5.56 Å². The molecule has 2 aromatic carbocycles. The summed E-state index contributed by atoms with van der Waals surface area (Å²) >= 11 is 1.73. The van der Waals surface area contributed by atoms with E-state index in [0.717, 1.165) is 5.69 Å². The van der Waals surface area contributed by atoms with E-state index in [4.69, 9.17) is 0 Å². The molecule has 25 heavy (non-hydrogen) atoms. The van der Waals surface area contributed by atoms with E-state index in [0.29, 0.717) is 12.5 Å². The zero-order valence-corrected chi connectivity index (χ0v) is 15.6. The van der Waals surface area contributed by atoms with Gasteiger partial charge in [0.25, 0.3) is 0 Å². The van der Waals surface area contributed by atoms with Crippen LogP contribution in [0.3, 0.4) is 0 Å². The highest BCUT2D eigenvalue weighted by atomic mass is 32.2. The number of anilines is 1. The number of thioether (sulfide) groups is 1. The van der Waals surface area contributed by atoms with Crippen LogP contribution in [0.5, 0.6) is 0 Å². The second kappa shape index (κ2) is 9.74. The third-order valence-electron chi connectivity index (χ3n) is 3.62. The summed E-state index contributed by atoms with van der Waals surface area (Å²) in [7, 11) is 3.66. The van der Waals surface area contributed by atoms with Crippen LogP contribution in [-0.4, -0.2) is 43.7 Å². The Morgan fingerprint density at radius 3 is 2.40 bits per heavy atom. The minimum absolute atomic E-state index is 0.106. The van der Waals surface area contributed by atoms with Gasteiger partial charge in [0, 0.05) is 31.2 Å². The highest BCUT2D eigenvalue weighted by Gasteiger charge is 2.09. The maximum absolute atomic E-state index is 12.0. The van der Waals surface area contributed by atoms with Crippen LogP contribution >= 0.6 is 11.8 Å². The highest BCUT2D eigenvalue weighted by Crippen LogP contribution is 2.15. The normalized spacial score (nSPS) is 11.1. The quantitative estimate of drug-likeness (QED) is 0.474. The number of nitrogens with zero attached hydrogens (tertiary/aromatic N) is 2. The van der Waals surface area contributed by atoms with Crippen LogP contribution in [0.4, 0.5) is 5.69 Å². The van der Waals surface area contributed by atoms with Crippen molar-refractivity contribution in [3.8, 4) is 0 Å². The standard InChI is InChI=1S/C19H24N4OS/c1-20-19(21-13-18(24)22-16-7-5-4-6-8-16)23(2)14-15-9-11-17(25-3)12-10-15/h4-12H,13-14H2,1-3H3,(H,20,21)(H,22,24). The Morgan fingerprint density at radius 1 is 1.12 bits per heavy atom. The first kappa shape index (κ1) is 18.9. The van der Waals surface area contributed by atoms with Gasteiger partial charge in [0.1, 0.15) is 0 Å². The Hall–Kier alpha value is -2.47. The summed E-state index contributed by atoms with van der Waals surface area (Å²) in [5.41, 5.74) is 1.98. The van der Waals surface area contributed by atoms with Crippen molar-refractivity contribution >= 4 is 29.3 Å². The molecule has 0 fully saturated rings. The van der Waals surface area contributed by atoms with E-state index in [2.05, 4.69) is 46.1 Å². The number of aliphatic imine (C=N–C) groups is 1. The number of nitrogens with one attached hydrogen (secondary N) is 2. The van der Waals surface area contributed by atoms with Crippen LogP contribution < -0.4 is 10.6 Å². The molecule has 0 heterocycles. The molecule has 0 saturated heterocycles. The van der Waals surface area contributed by atoms with Crippen molar-refractivity contribution in [1.29, 1.82) is 0 Å². The number of benzene rings is 2. The van der Waals surface area contributed by atoms with Crippen molar-refractivity contribution in [1.82, 2.24) is 10.2 Å². The predicted octanol–water partition coefficient (Wildman–Crippen LogP) is 3.05. The number of carbonyl (C=O) groups excluding carboxylic acids is 1. The van der Waals surface area contributed by atoms with Gasteiger partial charge in [0.15, 0.2) is 5.96 Å². The first-order valence-corrected chi connectivity index (χ1v) is 9.24. The van der Waals surface area contributed by atoms with Gasteiger partial charge in [-0.05, 0) is 36.1 Å². The smallest absolute Gasteiger partial charge is 0.243 e. The summed E-state index contributed by atoms with van der Waals surface area (Å²) in [6.45, 7) is 0.881. The third-order valence-corrected chi connectivity index (χ3v) is 4.36. The number of hydrogen-bond acceptors (Lipinski definition) is 3. The van der Waals surface area contributed by atoms with E-state index in [1.807, 2.05) is 42.3 Å². The predicted molar refractivity (Wildman–Crippen MR) is 106 cm³/mol. The van der Waals surface area contributed by atoms with Crippen LogP contribution in [0.25, 0.3) is 0 Å². The van der Waals surface area contributed by atoms with E-state index in [1.165, 1.54) is 10.5 Å². The third kappa shape index (κ3) is 6.15. The Bertz CT molecular complexity index is 701. The molecule has 0 aliphatic rings. The summed E-state index contributed by atoms with van der Waals surface area (Å²) < 4.78 is 0. The molecule has 0 aliphatic heterocycles. The average molecular weight is 356 g/mol. The first-order valence-electron chi connectivity index (χ1n) is 8.02. The zero-order chi connectivity index (χ0) is 18.1. The average Bonchev–Trinajstić information content (AvgIpc) is 2.63. The van der Waals surface area contributed by atoms with Gasteiger partial charge < -0.3 is 15.5 Å². The molecule has 0 saturated carbocycles. The van der Waals surface area contributed by atoms with Gasteiger partial charge in [-0.2, -0.15) is 0 Å². The number of para-hydroxylation sites is 1. The lowest BCUT2D eigenvalue weighted by atomic mass is 10.2. The van der Waals surface area contributed by atoms with Gasteiger partial charge in [-0.15, -0.1) is 11.8 Å². The largest absolute Gasteiger partial charge is 0.347 e. The lowest BCUT2D eigenvalue weighted by molar-refractivity contribution is -0.115. The molecule has 0 atom stereocenters. The summed E-state index contributed by atoms with van der Waals surface area (Å²) in [5.74, 6) is 0.572. The fourth-order valence-electron chi connectivity index (χ4n) is 2.35. The van der Waals surface area contributed by atoms with Crippen LogP contribution in [-0.2, 0) is 11.3 Å². The topological polar surface area (TPSA) is 56.7 Å². The zero-order valence-electron chi connectivity index (χ0n) is 14.8. The van der Waals surface area contributed by atoms with E-state index >= 15 is 0 Å². The number of guanidine groups is 1. The molecular formula is C19H24N4OS. The molecule has 2 N–H and O–H groups in total. The van der Waals surface area contributed by atoms with Crippen molar-refractivity contribution in [3.05, 3.63) is 60.2 Å². The molecule has 2 rings (SSSR count). The summed E-state index contributed by atoms with van der Waals surface area (Å²) in [6.07, 6.45) is 2.06. The van der Waals surface area contributed by atoms with Crippen LogP contribution in [0, 0.1) is 0 Å². The molecule has 2 aromatic rings. The van der Waals surface area contributed by atoms with Gasteiger partial charge in [0.05, 0.1) is 6.54 Å². The minimum atomic E-state index is -0.106. The van der Waals surface area contributed by atoms with E-state index < -0.39 is 0 Å². The van der Waals surface area contributed by atoms with Gasteiger partial charge in [-0.3, -0.25) is 9.79 Å². The van der Waals surface area contributed by atoms with Crippen molar-refractivity contribution in [3.63, 3.8) is 0 Å². The molecule has 132 valence electrons. The van der Waals surface area contributed by atoms with Gasteiger partial charge >= 0.3 is 0 Å². The number of hydrogen-bond donors (Lipinski definition) is 2. The molecule has 6 heteroatoms. The van der Waals surface area contributed by atoms with Crippen molar-refractivity contribution < 1.29 is 4.79 Å². The van der Waals surface area contributed by atoms with E-state index in [-0.39, 0.29) is 12.5 Å². The second-order valence-electron chi connectivity index (χ2n) is 5.52. The first-order chi connectivity index (χ1) is 12.1. The van der Waals surface area contributed by atoms with Crippen molar-refractivity contribution in [2.75, 3.05) is 32.2 Å². The molecule has 0 aliphatic carbocycles. The number of amides is 1.